The number of aromatic nitrogens is 1. The van der Waals surface area contributed by atoms with Crippen molar-refractivity contribution in [2.24, 2.45) is 0 Å². The number of carbonyl (C=O) groups excluding carboxylic acids is 1. The first kappa shape index (κ1) is 12.3. The highest BCUT2D eigenvalue weighted by molar-refractivity contribution is 5.97. The van der Waals surface area contributed by atoms with Crippen molar-refractivity contribution >= 4 is 5.78 Å². The van der Waals surface area contributed by atoms with Crippen LogP contribution in [-0.4, -0.2) is 15.9 Å². The summed E-state index contributed by atoms with van der Waals surface area (Å²) in [5, 5.41) is 9.19. The maximum atomic E-state index is 12.2. The zero-order chi connectivity index (χ0) is 13.0. The second-order valence-corrected chi connectivity index (χ2v) is 4.13. The molecule has 0 aliphatic rings. The minimum atomic E-state index is 0.0122. The minimum absolute atomic E-state index is 0.0122. The van der Waals surface area contributed by atoms with Crippen molar-refractivity contribution in [2.45, 2.75) is 19.8 Å². The van der Waals surface area contributed by atoms with Crippen molar-refractivity contribution in [1.29, 1.82) is 0 Å². The number of rotatable bonds is 4. The Kier molecular flexibility index (Phi) is 3.72. The maximum absolute atomic E-state index is 12.2. The third-order valence-electron chi connectivity index (χ3n) is 2.84. The maximum Gasteiger partial charge on any atom is 0.185 e. The number of pyridine rings is 1. The van der Waals surface area contributed by atoms with Crippen LogP contribution >= 0.6 is 0 Å². The number of carbonyl (C=O) groups is 1. The van der Waals surface area contributed by atoms with E-state index in [1.165, 1.54) is 0 Å². The zero-order valence-electron chi connectivity index (χ0n) is 10.3. The summed E-state index contributed by atoms with van der Waals surface area (Å²) in [5.74, 6) is 0.219. The molecule has 3 nitrogen and oxygen atoms in total. The van der Waals surface area contributed by atoms with Gasteiger partial charge < -0.3 is 5.11 Å². The van der Waals surface area contributed by atoms with Gasteiger partial charge in [-0.2, -0.15) is 0 Å². The fourth-order valence-electron chi connectivity index (χ4n) is 1.86. The molecule has 0 fully saturated rings. The first-order valence-electron chi connectivity index (χ1n) is 5.95. The van der Waals surface area contributed by atoms with Gasteiger partial charge in [0, 0.05) is 12.6 Å². The van der Waals surface area contributed by atoms with Crippen molar-refractivity contribution in [2.75, 3.05) is 0 Å². The molecule has 0 saturated carbocycles. The molecular weight excluding hydrogens is 226 g/mol. The Balaban J connectivity index is 2.19. The monoisotopic (exact) mass is 241 g/mol. The number of aromatic hydroxyl groups is 1. The molecule has 0 saturated heterocycles. The van der Waals surface area contributed by atoms with Gasteiger partial charge in [-0.15, -0.1) is 0 Å². The molecular formula is C15H15NO2. The average molecular weight is 241 g/mol. The van der Waals surface area contributed by atoms with Crippen LogP contribution in [0.4, 0.5) is 0 Å². The van der Waals surface area contributed by atoms with Gasteiger partial charge in [-0.05, 0) is 35.7 Å². The smallest absolute Gasteiger partial charge is 0.185 e. The highest BCUT2D eigenvalue weighted by Gasteiger charge is 2.12. The third-order valence-corrected chi connectivity index (χ3v) is 2.84. The number of benzene rings is 1. The van der Waals surface area contributed by atoms with E-state index in [-0.39, 0.29) is 11.5 Å². The first-order chi connectivity index (χ1) is 8.70. The lowest BCUT2D eigenvalue weighted by Gasteiger charge is -2.05. The van der Waals surface area contributed by atoms with Crippen LogP contribution in [0.25, 0.3) is 0 Å². The normalized spacial score (nSPS) is 10.3. The van der Waals surface area contributed by atoms with Crippen molar-refractivity contribution in [3.05, 3.63) is 59.4 Å². The van der Waals surface area contributed by atoms with E-state index in [9.17, 15) is 9.90 Å². The van der Waals surface area contributed by atoms with Gasteiger partial charge in [0.05, 0.1) is 0 Å². The van der Waals surface area contributed by atoms with Crippen LogP contribution in [0.3, 0.4) is 0 Å². The van der Waals surface area contributed by atoms with Crippen molar-refractivity contribution < 1.29 is 9.90 Å². The Bertz CT molecular complexity index is 547. The Hall–Kier alpha value is -2.16. The van der Waals surface area contributed by atoms with E-state index in [1.807, 2.05) is 19.1 Å². The molecule has 0 unspecified atom stereocenters. The van der Waals surface area contributed by atoms with E-state index in [4.69, 9.17) is 0 Å². The third kappa shape index (κ3) is 2.74. The predicted molar refractivity (Wildman–Crippen MR) is 69.8 cm³/mol. The Morgan fingerprint density at radius 3 is 2.61 bits per heavy atom. The molecule has 1 heterocycles. The van der Waals surface area contributed by atoms with Crippen LogP contribution in [0.15, 0.2) is 42.6 Å². The summed E-state index contributed by atoms with van der Waals surface area (Å²) in [6.45, 7) is 2.01. The molecule has 18 heavy (non-hydrogen) atoms. The molecule has 0 radical (unpaired) electrons. The van der Waals surface area contributed by atoms with Gasteiger partial charge >= 0.3 is 0 Å². The summed E-state index contributed by atoms with van der Waals surface area (Å²) < 4.78 is 0. The van der Waals surface area contributed by atoms with Crippen LogP contribution < -0.4 is 0 Å². The van der Waals surface area contributed by atoms with Crippen molar-refractivity contribution in [1.82, 2.24) is 4.98 Å². The lowest BCUT2D eigenvalue weighted by molar-refractivity contribution is 0.0987. The van der Waals surface area contributed by atoms with E-state index < -0.39 is 0 Å². The van der Waals surface area contributed by atoms with Gasteiger partial charge in [0.2, 0.25) is 0 Å². The average Bonchev–Trinajstić information content (AvgIpc) is 2.41. The molecule has 0 spiro atoms. The number of hydrogen-bond donors (Lipinski definition) is 1. The van der Waals surface area contributed by atoms with Crippen molar-refractivity contribution in [3.8, 4) is 5.75 Å². The summed E-state index contributed by atoms with van der Waals surface area (Å²) in [5.41, 5.74) is 2.40. The SMILES string of the molecule is CCc1cccnc1C(=O)Cc1ccc(O)cc1. The van der Waals surface area contributed by atoms with Gasteiger partial charge in [0.25, 0.3) is 0 Å². The standard InChI is InChI=1S/C15H15NO2/c1-2-12-4-3-9-16-15(12)14(18)10-11-5-7-13(17)8-6-11/h3-9,17H,2,10H2,1H3. The Morgan fingerprint density at radius 1 is 1.22 bits per heavy atom. The summed E-state index contributed by atoms with van der Waals surface area (Å²) in [7, 11) is 0. The van der Waals surface area contributed by atoms with E-state index in [0.29, 0.717) is 12.1 Å². The van der Waals surface area contributed by atoms with E-state index in [2.05, 4.69) is 4.98 Å². The molecule has 0 amide bonds. The van der Waals surface area contributed by atoms with Crippen LogP contribution in [0.2, 0.25) is 0 Å². The van der Waals surface area contributed by atoms with E-state index in [0.717, 1.165) is 17.5 Å². The number of phenols is 1. The number of phenolic OH excluding ortho intramolecular Hbond substituents is 1. The van der Waals surface area contributed by atoms with E-state index in [1.54, 1.807) is 30.5 Å². The molecule has 3 heteroatoms. The molecule has 0 aliphatic heterocycles. The number of nitrogens with zero attached hydrogens (tertiary/aromatic N) is 1. The van der Waals surface area contributed by atoms with Crippen LogP contribution in [0.1, 0.15) is 28.5 Å². The lowest BCUT2D eigenvalue weighted by atomic mass is 10.0. The Labute approximate surface area is 106 Å². The molecule has 0 bridgehead atoms. The number of hydrogen-bond acceptors (Lipinski definition) is 3. The molecule has 1 aromatic carbocycles. The number of aryl methyl sites for hydroxylation is 1. The van der Waals surface area contributed by atoms with Gasteiger partial charge in [-0.25, -0.2) is 0 Å². The largest absolute Gasteiger partial charge is 0.508 e. The van der Waals surface area contributed by atoms with Crippen LogP contribution in [0, 0.1) is 0 Å². The van der Waals surface area contributed by atoms with Crippen LogP contribution in [0.5, 0.6) is 5.75 Å². The topological polar surface area (TPSA) is 50.2 Å². The first-order valence-corrected chi connectivity index (χ1v) is 5.95. The summed E-state index contributed by atoms with van der Waals surface area (Å²) in [4.78, 5) is 16.3. The quantitative estimate of drug-likeness (QED) is 0.837. The number of Topliss-reactive ketones (excluding diaryl/α,β-unsaturated/α-hetero) is 1. The molecule has 2 rings (SSSR count). The molecule has 92 valence electrons. The fraction of sp³-hybridized carbons (Fsp3) is 0.200. The van der Waals surface area contributed by atoms with Crippen LogP contribution in [-0.2, 0) is 12.8 Å². The van der Waals surface area contributed by atoms with Crippen molar-refractivity contribution in [3.63, 3.8) is 0 Å². The molecule has 1 aromatic heterocycles. The fourth-order valence-corrected chi connectivity index (χ4v) is 1.86. The van der Waals surface area contributed by atoms with E-state index >= 15 is 0 Å². The summed E-state index contributed by atoms with van der Waals surface area (Å²) >= 11 is 0. The van der Waals surface area contributed by atoms with Gasteiger partial charge in [-0.3, -0.25) is 9.78 Å². The zero-order valence-corrected chi connectivity index (χ0v) is 10.3. The number of ketones is 1. The Morgan fingerprint density at radius 2 is 1.94 bits per heavy atom. The van der Waals surface area contributed by atoms with Gasteiger partial charge in [0.15, 0.2) is 5.78 Å². The second kappa shape index (κ2) is 5.45. The highest BCUT2D eigenvalue weighted by Crippen LogP contribution is 2.13. The summed E-state index contributed by atoms with van der Waals surface area (Å²) in [6.07, 6.45) is 2.75. The minimum Gasteiger partial charge on any atom is -0.508 e. The molecule has 2 aromatic rings. The lowest BCUT2D eigenvalue weighted by Crippen LogP contribution is -2.09. The summed E-state index contributed by atoms with van der Waals surface area (Å²) in [6, 6.07) is 10.4. The second-order valence-electron chi connectivity index (χ2n) is 4.13. The molecule has 0 aliphatic carbocycles. The van der Waals surface area contributed by atoms with Gasteiger partial charge in [-0.1, -0.05) is 25.1 Å². The van der Waals surface area contributed by atoms with Gasteiger partial charge in [0.1, 0.15) is 11.4 Å². The predicted octanol–water partition coefficient (Wildman–Crippen LogP) is 2.78. The molecule has 1 N–H and O–H groups in total. The molecule has 0 atom stereocenters. The highest BCUT2D eigenvalue weighted by atomic mass is 16.3.